The Morgan fingerprint density at radius 1 is 1.25 bits per heavy atom. The van der Waals surface area contributed by atoms with Gasteiger partial charge < -0.3 is 0 Å². The van der Waals surface area contributed by atoms with Crippen LogP contribution in [0.4, 0.5) is 0 Å². The van der Waals surface area contributed by atoms with Gasteiger partial charge in [-0.25, -0.2) is 0 Å². The predicted molar refractivity (Wildman–Crippen MR) is 72.5 cm³/mol. The molecule has 0 saturated carbocycles. The van der Waals surface area contributed by atoms with Crippen LogP contribution >= 0.6 is 0 Å². The number of nitrogens with zero attached hydrogens (tertiary/aromatic N) is 1. The molecular weight excluding hydrogens is 194 g/mol. The van der Waals surface area contributed by atoms with Crippen LogP contribution in [-0.4, -0.2) is 24.5 Å². The molecule has 1 aliphatic heterocycles. The van der Waals surface area contributed by atoms with Crippen molar-refractivity contribution < 1.29 is 0 Å². The molecule has 1 aliphatic rings. The maximum atomic E-state index is 3.87. The SMILES string of the molecule is C=C/C=C\C=C(/C=C)CN1CCC(C)CC1. The number of piperidine rings is 1. The molecule has 16 heavy (non-hydrogen) atoms. The molecule has 0 aromatic heterocycles. The van der Waals surface area contributed by atoms with E-state index in [0.29, 0.717) is 0 Å². The number of rotatable bonds is 5. The molecule has 1 heterocycles. The molecule has 0 N–H and O–H groups in total. The van der Waals surface area contributed by atoms with Gasteiger partial charge in [-0.3, -0.25) is 4.90 Å². The molecule has 0 aliphatic carbocycles. The molecule has 0 atom stereocenters. The Morgan fingerprint density at radius 2 is 1.94 bits per heavy atom. The van der Waals surface area contributed by atoms with Crippen molar-refractivity contribution in [2.75, 3.05) is 19.6 Å². The van der Waals surface area contributed by atoms with Gasteiger partial charge in [-0.2, -0.15) is 0 Å². The fourth-order valence-corrected chi connectivity index (χ4v) is 1.92. The highest BCUT2D eigenvalue weighted by atomic mass is 15.1. The number of likely N-dealkylation sites (tertiary alicyclic amines) is 1. The molecule has 0 bridgehead atoms. The topological polar surface area (TPSA) is 3.24 Å². The van der Waals surface area contributed by atoms with Crippen LogP contribution in [0.15, 0.2) is 49.1 Å². The van der Waals surface area contributed by atoms with Crippen molar-refractivity contribution in [3.63, 3.8) is 0 Å². The Bertz CT molecular complexity index is 278. The van der Waals surface area contributed by atoms with Crippen molar-refractivity contribution in [3.05, 3.63) is 49.1 Å². The summed E-state index contributed by atoms with van der Waals surface area (Å²) in [6.07, 6.45) is 12.5. The highest BCUT2D eigenvalue weighted by Gasteiger charge is 2.15. The van der Waals surface area contributed by atoms with E-state index in [9.17, 15) is 0 Å². The molecule has 0 amide bonds. The van der Waals surface area contributed by atoms with Gasteiger partial charge in [0.15, 0.2) is 0 Å². The van der Waals surface area contributed by atoms with Crippen molar-refractivity contribution >= 4 is 0 Å². The van der Waals surface area contributed by atoms with E-state index >= 15 is 0 Å². The lowest BCUT2D eigenvalue weighted by atomic mass is 9.99. The second kappa shape index (κ2) is 7.24. The molecule has 1 rings (SSSR count). The first-order chi connectivity index (χ1) is 7.76. The van der Waals surface area contributed by atoms with E-state index in [4.69, 9.17) is 0 Å². The van der Waals surface area contributed by atoms with Gasteiger partial charge in [0.05, 0.1) is 0 Å². The maximum absolute atomic E-state index is 3.87. The molecule has 1 fully saturated rings. The van der Waals surface area contributed by atoms with Crippen molar-refractivity contribution in [2.45, 2.75) is 19.8 Å². The van der Waals surface area contributed by atoms with Gasteiger partial charge in [0.1, 0.15) is 0 Å². The van der Waals surface area contributed by atoms with Gasteiger partial charge in [-0.1, -0.05) is 50.5 Å². The Hall–Kier alpha value is -1.08. The van der Waals surface area contributed by atoms with Crippen LogP contribution in [-0.2, 0) is 0 Å². The third kappa shape index (κ3) is 4.63. The second-order valence-electron chi connectivity index (χ2n) is 4.52. The van der Waals surface area contributed by atoms with Crippen LogP contribution in [0.25, 0.3) is 0 Å². The highest BCUT2D eigenvalue weighted by Crippen LogP contribution is 2.17. The van der Waals surface area contributed by atoms with Crippen molar-refractivity contribution in [1.29, 1.82) is 0 Å². The summed E-state index contributed by atoms with van der Waals surface area (Å²) in [5.41, 5.74) is 1.28. The average molecular weight is 217 g/mol. The minimum Gasteiger partial charge on any atom is -0.299 e. The zero-order valence-corrected chi connectivity index (χ0v) is 10.4. The molecule has 0 radical (unpaired) electrons. The molecule has 0 aromatic carbocycles. The largest absolute Gasteiger partial charge is 0.299 e. The Balaban J connectivity index is 2.44. The molecular formula is C15H23N. The third-order valence-electron chi connectivity index (χ3n) is 3.10. The molecule has 0 spiro atoms. The minimum absolute atomic E-state index is 0.896. The monoisotopic (exact) mass is 217 g/mol. The van der Waals surface area contributed by atoms with Gasteiger partial charge >= 0.3 is 0 Å². The summed E-state index contributed by atoms with van der Waals surface area (Å²) in [6.45, 7) is 13.3. The second-order valence-corrected chi connectivity index (χ2v) is 4.52. The summed E-state index contributed by atoms with van der Waals surface area (Å²) in [4.78, 5) is 2.51. The third-order valence-corrected chi connectivity index (χ3v) is 3.10. The van der Waals surface area contributed by atoms with E-state index in [1.54, 1.807) is 6.08 Å². The van der Waals surface area contributed by atoms with Crippen molar-refractivity contribution in [3.8, 4) is 0 Å². The van der Waals surface area contributed by atoms with Gasteiger partial charge in [-0.15, -0.1) is 0 Å². The minimum atomic E-state index is 0.896. The summed E-state index contributed by atoms with van der Waals surface area (Å²) in [5, 5.41) is 0. The first kappa shape index (κ1) is 13.0. The normalized spacial score (nSPS) is 20.2. The van der Waals surface area contributed by atoms with E-state index in [0.717, 1.165) is 12.5 Å². The van der Waals surface area contributed by atoms with E-state index in [-0.39, 0.29) is 0 Å². The van der Waals surface area contributed by atoms with Gasteiger partial charge in [-0.05, 0) is 37.4 Å². The molecule has 1 heteroatoms. The van der Waals surface area contributed by atoms with Crippen molar-refractivity contribution in [2.24, 2.45) is 5.92 Å². The van der Waals surface area contributed by atoms with Crippen LogP contribution in [0.3, 0.4) is 0 Å². The zero-order chi connectivity index (χ0) is 11.8. The smallest absolute Gasteiger partial charge is 0.0233 e. The standard InChI is InChI=1S/C15H23N/c1-4-6-7-8-15(5-2)13-16-11-9-14(3)10-12-16/h4-8,14H,1-2,9-13H2,3H3/b7-6-,15-8+. The number of allylic oxidation sites excluding steroid dienone is 4. The van der Waals surface area contributed by atoms with Crippen LogP contribution < -0.4 is 0 Å². The average Bonchev–Trinajstić information content (AvgIpc) is 2.31. The van der Waals surface area contributed by atoms with E-state index < -0.39 is 0 Å². The Labute approximate surface area is 99.8 Å². The molecule has 0 aromatic rings. The number of hydrogen-bond donors (Lipinski definition) is 0. The lowest BCUT2D eigenvalue weighted by Gasteiger charge is -2.30. The van der Waals surface area contributed by atoms with E-state index in [1.165, 1.54) is 31.5 Å². The van der Waals surface area contributed by atoms with E-state index in [2.05, 4.69) is 31.1 Å². The predicted octanol–water partition coefficient (Wildman–Crippen LogP) is 3.57. The van der Waals surface area contributed by atoms with Crippen LogP contribution in [0.5, 0.6) is 0 Å². The maximum Gasteiger partial charge on any atom is 0.0233 e. The Kier molecular flexibility index (Phi) is 5.87. The van der Waals surface area contributed by atoms with Gasteiger partial charge in [0.2, 0.25) is 0 Å². The molecule has 1 nitrogen and oxygen atoms in total. The summed E-state index contributed by atoms with van der Waals surface area (Å²) in [7, 11) is 0. The molecule has 88 valence electrons. The van der Waals surface area contributed by atoms with E-state index in [1.807, 2.05) is 18.2 Å². The molecule has 1 saturated heterocycles. The van der Waals surface area contributed by atoms with Crippen molar-refractivity contribution in [1.82, 2.24) is 4.90 Å². The van der Waals surface area contributed by atoms with Gasteiger partial charge in [0, 0.05) is 6.54 Å². The summed E-state index contributed by atoms with van der Waals surface area (Å²) in [5.74, 6) is 0.896. The Morgan fingerprint density at radius 3 is 2.50 bits per heavy atom. The number of hydrogen-bond acceptors (Lipinski definition) is 1. The molecule has 0 unspecified atom stereocenters. The fraction of sp³-hybridized carbons (Fsp3) is 0.467. The highest BCUT2D eigenvalue weighted by molar-refractivity contribution is 5.24. The van der Waals surface area contributed by atoms with Gasteiger partial charge in [0.25, 0.3) is 0 Å². The van der Waals surface area contributed by atoms with Crippen LogP contribution in [0.2, 0.25) is 0 Å². The lowest BCUT2D eigenvalue weighted by molar-refractivity contribution is 0.207. The zero-order valence-electron chi connectivity index (χ0n) is 10.4. The van der Waals surface area contributed by atoms with Crippen LogP contribution in [0.1, 0.15) is 19.8 Å². The summed E-state index contributed by atoms with van der Waals surface area (Å²) < 4.78 is 0. The lowest BCUT2D eigenvalue weighted by Crippen LogP contribution is -2.34. The first-order valence-corrected chi connectivity index (χ1v) is 6.09. The van der Waals surface area contributed by atoms with Crippen LogP contribution in [0, 0.1) is 5.92 Å². The summed E-state index contributed by atoms with van der Waals surface area (Å²) in [6, 6.07) is 0. The fourth-order valence-electron chi connectivity index (χ4n) is 1.92. The first-order valence-electron chi connectivity index (χ1n) is 6.09. The summed E-state index contributed by atoms with van der Waals surface area (Å²) >= 11 is 0. The quantitative estimate of drug-likeness (QED) is 0.636.